The molecule has 0 N–H and O–H groups in total. The molecule has 1 aromatic carbocycles. The third-order valence-electron chi connectivity index (χ3n) is 3.28. The number of nitrogens with zero attached hydrogens (tertiary/aromatic N) is 1. The number of rotatable bonds is 3. The average molecular weight is 273 g/mol. The zero-order valence-corrected chi connectivity index (χ0v) is 11.6. The van der Waals surface area contributed by atoms with Gasteiger partial charge in [0, 0.05) is 17.4 Å². The van der Waals surface area contributed by atoms with E-state index in [0.717, 1.165) is 40.4 Å². The Balaban J connectivity index is 1.75. The van der Waals surface area contributed by atoms with Crippen LogP contribution in [0.5, 0.6) is 5.75 Å². The van der Waals surface area contributed by atoms with E-state index < -0.39 is 0 Å². The number of hydrogen-bond donors (Lipinski definition) is 0. The summed E-state index contributed by atoms with van der Waals surface area (Å²) in [6.07, 6.45) is 2.61. The molecule has 0 amide bonds. The number of Topliss-reactive ketones (excluding diaryl/α,β-unsaturated/α-hetero) is 1. The number of carbonyl (C=O) groups is 1. The van der Waals surface area contributed by atoms with Crippen LogP contribution in [0.15, 0.2) is 23.6 Å². The molecule has 0 radical (unpaired) electrons. The van der Waals surface area contributed by atoms with Crippen molar-refractivity contribution < 1.29 is 9.53 Å². The van der Waals surface area contributed by atoms with Gasteiger partial charge in [0.1, 0.15) is 12.4 Å². The van der Waals surface area contributed by atoms with Crippen LogP contribution in [0.1, 0.15) is 39.5 Å². The molecule has 3 rings (SSSR count). The highest BCUT2D eigenvalue weighted by molar-refractivity contribution is 7.09. The van der Waals surface area contributed by atoms with Crippen LogP contribution in [0, 0.1) is 6.92 Å². The highest BCUT2D eigenvalue weighted by Crippen LogP contribution is 2.26. The number of fused-ring (bicyclic) bond motifs is 1. The Labute approximate surface area is 116 Å². The van der Waals surface area contributed by atoms with Gasteiger partial charge < -0.3 is 4.74 Å². The molecule has 0 atom stereocenters. The van der Waals surface area contributed by atoms with Crippen molar-refractivity contribution in [3.05, 3.63) is 45.4 Å². The molecule has 0 aliphatic heterocycles. The quantitative estimate of drug-likeness (QED) is 0.858. The summed E-state index contributed by atoms with van der Waals surface area (Å²) >= 11 is 1.62. The van der Waals surface area contributed by atoms with Gasteiger partial charge in [-0.2, -0.15) is 0 Å². The minimum absolute atomic E-state index is 0.233. The fourth-order valence-electron chi connectivity index (χ4n) is 2.33. The van der Waals surface area contributed by atoms with Crippen LogP contribution < -0.4 is 4.74 Å². The Morgan fingerprint density at radius 3 is 3.05 bits per heavy atom. The van der Waals surface area contributed by atoms with Crippen molar-refractivity contribution in [1.82, 2.24) is 4.98 Å². The fraction of sp³-hybridized carbons (Fsp3) is 0.333. The van der Waals surface area contributed by atoms with Crippen LogP contribution in [0.3, 0.4) is 0 Å². The molecule has 0 saturated carbocycles. The average Bonchev–Trinajstić information content (AvgIpc) is 2.83. The van der Waals surface area contributed by atoms with Crippen LogP contribution in [0.4, 0.5) is 0 Å². The van der Waals surface area contributed by atoms with Crippen LogP contribution in [-0.2, 0) is 13.0 Å². The van der Waals surface area contributed by atoms with E-state index in [1.807, 2.05) is 30.5 Å². The summed E-state index contributed by atoms with van der Waals surface area (Å²) in [6.45, 7) is 2.43. The first-order chi connectivity index (χ1) is 9.22. The lowest BCUT2D eigenvalue weighted by molar-refractivity contribution is 0.0972. The van der Waals surface area contributed by atoms with E-state index in [1.165, 1.54) is 0 Å². The molecule has 0 spiro atoms. The molecule has 2 aromatic rings. The standard InChI is InChI=1S/C15H15NO2S/c1-10-16-12(9-19-10)8-18-13-6-5-11-3-2-4-15(17)14(11)7-13/h5-7,9H,2-4,8H2,1H3. The van der Waals surface area contributed by atoms with Crippen molar-refractivity contribution in [2.75, 3.05) is 0 Å². The van der Waals surface area contributed by atoms with E-state index in [4.69, 9.17) is 4.74 Å². The first kappa shape index (κ1) is 12.4. The number of carbonyl (C=O) groups excluding carboxylic acids is 1. The number of aromatic nitrogens is 1. The third kappa shape index (κ3) is 2.68. The maximum absolute atomic E-state index is 11.8. The van der Waals surface area contributed by atoms with Gasteiger partial charge in [-0.15, -0.1) is 11.3 Å². The molecule has 0 fully saturated rings. The summed E-state index contributed by atoms with van der Waals surface area (Å²) in [5.74, 6) is 0.982. The lowest BCUT2D eigenvalue weighted by Gasteiger charge is -2.15. The van der Waals surface area contributed by atoms with Crippen molar-refractivity contribution in [1.29, 1.82) is 0 Å². The van der Waals surface area contributed by atoms with Gasteiger partial charge in [-0.3, -0.25) is 4.79 Å². The third-order valence-corrected chi connectivity index (χ3v) is 4.11. The molecule has 1 aliphatic rings. The van der Waals surface area contributed by atoms with Gasteiger partial charge in [-0.25, -0.2) is 4.98 Å². The zero-order valence-electron chi connectivity index (χ0n) is 10.8. The first-order valence-electron chi connectivity index (χ1n) is 6.42. The normalized spacial score (nSPS) is 14.3. The Morgan fingerprint density at radius 2 is 2.26 bits per heavy atom. The first-order valence-corrected chi connectivity index (χ1v) is 7.30. The number of thiazole rings is 1. The van der Waals surface area contributed by atoms with Gasteiger partial charge in [-0.05, 0) is 37.5 Å². The van der Waals surface area contributed by atoms with E-state index in [0.29, 0.717) is 13.0 Å². The molecule has 0 bridgehead atoms. The molecule has 1 heterocycles. The molecule has 1 aliphatic carbocycles. The van der Waals surface area contributed by atoms with E-state index in [2.05, 4.69) is 4.98 Å². The predicted molar refractivity (Wildman–Crippen MR) is 74.9 cm³/mol. The van der Waals surface area contributed by atoms with Crippen molar-refractivity contribution in [2.24, 2.45) is 0 Å². The summed E-state index contributed by atoms with van der Waals surface area (Å²) in [5, 5.41) is 3.04. The Kier molecular flexibility index (Phi) is 3.34. The summed E-state index contributed by atoms with van der Waals surface area (Å²) < 4.78 is 5.71. The van der Waals surface area contributed by atoms with Gasteiger partial charge in [-0.1, -0.05) is 6.07 Å². The van der Waals surface area contributed by atoms with Gasteiger partial charge in [0.25, 0.3) is 0 Å². The van der Waals surface area contributed by atoms with Crippen molar-refractivity contribution in [2.45, 2.75) is 32.8 Å². The lowest BCUT2D eigenvalue weighted by Crippen LogP contribution is -2.10. The second-order valence-electron chi connectivity index (χ2n) is 4.74. The second kappa shape index (κ2) is 5.13. The molecule has 1 aromatic heterocycles. The van der Waals surface area contributed by atoms with E-state index in [1.54, 1.807) is 11.3 Å². The van der Waals surface area contributed by atoms with Gasteiger partial charge in [0.15, 0.2) is 5.78 Å². The SMILES string of the molecule is Cc1nc(COc2ccc3c(c2)C(=O)CCC3)cs1. The molecular formula is C15H15NO2S. The summed E-state index contributed by atoms with van der Waals surface area (Å²) in [5.41, 5.74) is 2.91. The Bertz CT molecular complexity index is 618. The molecule has 4 heteroatoms. The Morgan fingerprint density at radius 1 is 1.37 bits per heavy atom. The van der Waals surface area contributed by atoms with Gasteiger partial charge in [0.2, 0.25) is 0 Å². The minimum Gasteiger partial charge on any atom is -0.487 e. The lowest BCUT2D eigenvalue weighted by atomic mass is 9.90. The van der Waals surface area contributed by atoms with Crippen molar-refractivity contribution >= 4 is 17.1 Å². The number of aryl methyl sites for hydroxylation is 2. The topological polar surface area (TPSA) is 39.2 Å². The van der Waals surface area contributed by atoms with Crippen molar-refractivity contribution in [3.63, 3.8) is 0 Å². The maximum Gasteiger partial charge on any atom is 0.163 e. The van der Waals surface area contributed by atoms with Crippen LogP contribution in [-0.4, -0.2) is 10.8 Å². The van der Waals surface area contributed by atoms with Crippen LogP contribution >= 0.6 is 11.3 Å². The molecule has 0 saturated heterocycles. The highest BCUT2D eigenvalue weighted by Gasteiger charge is 2.17. The highest BCUT2D eigenvalue weighted by atomic mass is 32.1. The minimum atomic E-state index is 0.233. The fourth-order valence-corrected chi connectivity index (χ4v) is 2.93. The number of hydrogen-bond acceptors (Lipinski definition) is 4. The maximum atomic E-state index is 11.8. The molecule has 98 valence electrons. The molecule has 0 unspecified atom stereocenters. The smallest absolute Gasteiger partial charge is 0.163 e. The van der Waals surface area contributed by atoms with Crippen LogP contribution in [0.2, 0.25) is 0 Å². The molecule has 3 nitrogen and oxygen atoms in total. The largest absolute Gasteiger partial charge is 0.487 e. The molecule has 19 heavy (non-hydrogen) atoms. The summed E-state index contributed by atoms with van der Waals surface area (Å²) in [7, 11) is 0. The van der Waals surface area contributed by atoms with Gasteiger partial charge in [0.05, 0.1) is 10.7 Å². The van der Waals surface area contributed by atoms with E-state index >= 15 is 0 Å². The number of benzene rings is 1. The van der Waals surface area contributed by atoms with Crippen LogP contribution in [0.25, 0.3) is 0 Å². The number of ether oxygens (including phenoxy) is 1. The van der Waals surface area contributed by atoms with E-state index in [-0.39, 0.29) is 5.78 Å². The summed E-state index contributed by atoms with van der Waals surface area (Å²) in [6, 6.07) is 5.82. The van der Waals surface area contributed by atoms with Gasteiger partial charge >= 0.3 is 0 Å². The number of ketones is 1. The van der Waals surface area contributed by atoms with E-state index in [9.17, 15) is 4.79 Å². The van der Waals surface area contributed by atoms with Crippen molar-refractivity contribution in [3.8, 4) is 5.75 Å². The molecular weight excluding hydrogens is 258 g/mol. The predicted octanol–water partition coefficient (Wildman–Crippen LogP) is 3.55. The summed E-state index contributed by atoms with van der Waals surface area (Å²) in [4.78, 5) is 16.2. The Hall–Kier alpha value is -1.68. The monoisotopic (exact) mass is 273 g/mol. The second-order valence-corrected chi connectivity index (χ2v) is 5.80. The zero-order chi connectivity index (χ0) is 13.2.